The second-order valence-electron chi connectivity index (χ2n) is 4.32. The van der Waals surface area contributed by atoms with Crippen molar-refractivity contribution in [1.82, 2.24) is 0 Å². The lowest BCUT2D eigenvalue weighted by molar-refractivity contribution is 1.32. The van der Waals surface area contributed by atoms with E-state index in [4.69, 9.17) is 0 Å². The SMILES string of the molecule is Cc1cc(C)cc(C)c1.Cc1ccccc1. The topological polar surface area (TPSA) is 0 Å². The Balaban J connectivity index is 0.000000165. The predicted molar refractivity (Wildman–Crippen MR) is 71.8 cm³/mol. The molecule has 0 heterocycles. The van der Waals surface area contributed by atoms with Crippen LogP contribution in [0.25, 0.3) is 0 Å². The van der Waals surface area contributed by atoms with Crippen molar-refractivity contribution in [1.29, 1.82) is 0 Å². The molecule has 0 bridgehead atoms. The molecule has 0 fully saturated rings. The van der Waals surface area contributed by atoms with E-state index in [1.165, 1.54) is 22.3 Å². The molecule has 0 saturated carbocycles. The van der Waals surface area contributed by atoms with Crippen LogP contribution in [0, 0.1) is 27.7 Å². The standard InChI is InChI=1S/C9H12.C7H8/c1-7-4-8(2)6-9(3)5-7;1-7-5-3-2-4-6-7/h4-6H,1-3H3;2-6H,1H3. The zero-order valence-electron chi connectivity index (χ0n) is 10.6. The van der Waals surface area contributed by atoms with Gasteiger partial charge in [0.05, 0.1) is 0 Å². The second-order valence-corrected chi connectivity index (χ2v) is 4.32. The number of rotatable bonds is 0. The maximum atomic E-state index is 2.19. The van der Waals surface area contributed by atoms with Gasteiger partial charge >= 0.3 is 0 Å². The molecular weight excluding hydrogens is 192 g/mol. The molecule has 0 N–H and O–H groups in total. The maximum Gasteiger partial charge on any atom is -0.0398 e. The van der Waals surface area contributed by atoms with E-state index < -0.39 is 0 Å². The summed E-state index contributed by atoms with van der Waals surface area (Å²) in [6.45, 7) is 8.46. The average molecular weight is 212 g/mol. The van der Waals surface area contributed by atoms with E-state index in [2.05, 4.69) is 58.0 Å². The van der Waals surface area contributed by atoms with E-state index in [1.54, 1.807) is 0 Å². The van der Waals surface area contributed by atoms with Crippen molar-refractivity contribution in [2.75, 3.05) is 0 Å². The van der Waals surface area contributed by atoms with E-state index in [9.17, 15) is 0 Å². The van der Waals surface area contributed by atoms with Crippen molar-refractivity contribution in [3.63, 3.8) is 0 Å². The first-order valence-corrected chi connectivity index (χ1v) is 5.64. The van der Waals surface area contributed by atoms with Crippen LogP contribution in [0.5, 0.6) is 0 Å². The Morgan fingerprint density at radius 2 is 0.875 bits per heavy atom. The maximum absolute atomic E-state index is 2.19. The van der Waals surface area contributed by atoms with Crippen LogP contribution in [0.1, 0.15) is 22.3 Å². The van der Waals surface area contributed by atoms with Gasteiger partial charge in [-0.15, -0.1) is 0 Å². The van der Waals surface area contributed by atoms with Crippen LogP contribution in [0.15, 0.2) is 48.5 Å². The summed E-state index contributed by atoms with van der Waals surface area (Å²) in [5, 5.41) is 0. The number of hydrogen-bond donors (Lipinski definition) is 0. The minimum atomic E-state index is 1.32. The first-order chi connectivity index (χ1) is 7.58. The highest BCUT2D eigenvalue weighted by Gasteiger charge is 1.87. The van der Waals surface area contributed by atoms with E-state index >= 15 is 0 Å². The minimum absolute atomic E-state index is 1.32. The van der Waals surface area contributed by atoms with E-state index in [0.29, 0.717) is 0 Å². The quantitative estimate of drug-likeness (QED) is 0.598. The molecule has 2 rings (SSSR count). The van der Waals surface area contributed by atoms with Gasteiger partial charge in [-0.25, -0.2) is 0 Å². The van der Waals surface area contributed by atoms with Gasteiger partial charge in [0, 0.05) is 0 Å². The van der Waals surface area contributed by atoms with E-state index in [0.717, 1.165) is 0 Å². The van der Waals surface area contributed by atoms with Crippen LogP contribution in [0.3, 0.4) is 0 Å². The summed E-state index contributed by atoms with van der Waals surface area (Å²) >= 11 is 0. The first-order valence-electron chi connectivity index (χ1n) is 5.64. The summed E-state index contributed by atoms with van der Waals surface area (Å²) in [6, 6.07) is 16.8. The van der Waals surface area contributed by atoms with Gasteiger partial charge in [-0.2, -0.15) is 0 Å². The van der Waals surface area contributed by atoms with Gasteiger partial charge in [-0.1, -0.05) is 70.8 Å². The normalized spacial score (nSPS) is 9.25. The molecule has 16 heavy (non-hydrogen) atoms. The van der Waals surface area contributed by atoms with Crippen LogP contribution in [-0.2, 0) is 0 Å². The lowest BCUT2D eigenvalue weighted by Crippen LogP contribution is -1.78. The molecule has 0 nitrogen and oxygen atoms in total. The van der Waals surface area contributed by atoms with Crippen molar-refractivity contribution in [3.05, 3.63) is 70.8 Å². The zero-order valence-corrected chi connectivity index (χ0v) is 10.6. The highest BCUT2D eigenvalue weighted by molar-refractivity contribution is 5.27. The third-order valence-electron chi connectivity index (χ3n) is 2.31. The monoisotopic (exact) mass is 212 g/mol. The van der Waals surface area contributed by atoms with Gasteiger partial charge in [0.1, 0.15) is 0 Å². The molecule has 0 radical (unpaired) electrons. The van der Waals surface area contributed by atoms with Gasteiger partial charge in [0.2, 0.25) is 0 Å². The van der Waals surface area contributed by atoms with Crippen molar-refractivity contribution in [2.24, 2.45) is 0 Å². The third-order valence-corrected chi connectivity index (χ3v) is 2.31. The molecule has 2 aromatic carbocycles. The predicted octanol–water partition coefficient (Wildman–Crippen LogP) is 4.61. The summed E-state index contributed by atoms with van der Waals surface area (Å²) in [4.78, 5) is 0. The number of hydrogen-bond acceptors (Lipinski definition) is 0. The smallest absolute Gasteiger partial charge is 0.0398 e. The highest BCUT2D eigenvalue weighted by Crippen LogP contribution is 2.06. The molecule has 0 spiro atoms. The van der Waals surface area contributed by atoms with E-state index in [-0.39, 0.29) is 0 Å². The largest absolute Gasteiger partial charge is 0.0622 e. The van der Waals surface area contributed by atoms with Crippen molar-refractivity contribution in [3.8, 4) is 0 Å². The molecule has 0 aliphatic heterocycles. The van der Waals surface area contributed by atoms with Gasteiger partial charge in [-0.05, 0) is 27.7 Å². The first kappa shape index (κ1) is 12.5. The number of benzene rings is 2. The summed E-state index contributed by atoms with van der Waals surface area (Å²) in [7, 11) is 0. The van der Waals surface area contributed by atoms with Crippen LogP contribution >= 0.6 is 0 Å². The lowest BCUT2D eigenvalue weighted by atomic mass is 10.1. The Bertz CT molecular complexity index is 377. The average Bonchev–Trinajstić information content (AvgIpc) is 2.17. The zero-order chi connectivity index (χ0) is 12.0. The van der Waals surface area contributed by atoms with Crippen LogP contribution in [0.4, 0.5) is 0 Å². The molecule has 2 aromatic rings. The molecule has 0 aromatic heterocycles. The Morgan fingerprint density at radius 1 is 0.500 bits per heavy atom. The summed E-state index contributed by atoms with van der Waals surface area (Å²) < 4.78 is 0. The third kappa shape index (κ3) is 4.79. The molecule has 0 aliphatic carbocycles. The molecule has 0 saturated heterocycles. The fourth-order valence-electron chi connectivity index (χ4n) is 1.74. The van der Waals surface area contributed by atoms with Crippen molar-refractivity contribution >= 4 is 0 Å². The Kier molecular flexibility index (Phi) is 4.78. The van der Waals surface area contributed by atoms with E-state index in [1.807, 2.05) is 18.2 Å². The minimum Gasteiger partial charge on any atom is -0.0622 e. The summed E-state index contributed by atoms with van der Waals surface area (Å²) in [5.74, 6) is 0. The molecule has 0 amide bonds. The summed E-state index contributed by atoms with van der Waals surface area (Å²) in [5.41, 5.74) is 5.38. The van der Waals surface area contributed by atoms with Crippen molar-refractivity contribution in [2.45, 2.75) is 27.7 Å². The molecule has 0 unspecified atom stereocenters. The van der Waals surface area contributed by atoms with Gasteiger partial charge < -0.3 is 0 Å². The fourth-order valence-corrected chi connectivity index (χ4v) is 1.74. The molecule has 0 aliphatic rings. The lowest BCUT2D eigenvalue weighted by Gasteiger charge is -1.96. The second kappa shape index (κ2) is 6.12. The Labute approximate surface area is 99.0 Å². The molecule has 84 valence electrons. The van der Waals surface area contributed by atoms with Crippen molar-refractivity contribution < 1.29 is 0 Å². The van der Waals surface area contributed by atoms with Gasteiger partial charge in [-0.3, -0.25) is 0 Å². The Morgan fingerprint density at radius 3 is 1.12 bits per heavy atom. The Hall–Kier alpha value is -1.56. The molecular formula is C16H20. The van der Waals surface area contributed by atoms with Crippen LogP contribution in [-0.4, -0.2) is 0 Å². The fraction of sp³-hybridized carbons (Fsp3) is 0.250. The van der Waals surface area contributed by atoms with Gasteiger partial charge in [0.15, 0.2) is 0 Å². The van der Waals surface area contributed by atoms with Crippen LogP contribution < -0.4 is 0 Å². The van der Waals surface area contributed by atoms with Gasteiger partial charge in [0.25, 0.3) is 0 Å². The molecule has 0 atom stereocenters. The summed E-state index contributed by atoms with van der Waals surface area (Å²) in [6.07, 6.45) is 0. The molecule has 0 heteroatoms. The number of aryl methyl sites for hydroxylation is 4. The highest BCUT2D eigenvalue weighted by atomic mass is 13.9. The van der Waals surface area contributed by atoms with Crippen LogP contribution in [0.2, 0.25) is 0 Å².